The molecule has 0 aliphatic heterocycles. The third-order valence-electron chi connectivity index (χ3n) is 2.84. The number of hydrogen-bond acceptors (Lipinski definition) is 2. The summed E-state index contributed by atoms with van der Waals surface area (Å²) in [5.41, 5.74) is 1.54. The SMILES string of the molecule is COCC[NH2+]CCOc1ccc(C(C)(C)C)cc1. The maximum absolute atomic E-state index is 5.68. The van der Waals surface area contributed by atoms with E-state index in [1.54, 1.807) is 7.11 Å². The Bertz CT molecular complexity index is 327. The number of quaternary nitrogens is 1. The van der Waals surface area contributed by atoms with Gasteiger partial charge in [0.05, 0.1) is 13.2 Å². The Kier molecular flexibility index (Phi) is 6.16. The van der Waals surface area contributed by atoms with Crippen LogP contribution in [-0.2, 0) is 10.2 Å². The first kappa shape index (κ1) is 15.0. The van der Waals surface area contributed by atoms with Crippen molar-refractivity contribution in [3.63, 3.8) is 0 Å². The van der Waals surface area contributed by atoms with Crippen molar-refractivity contribution in [3.8, 4) is 5.75 Å². The Morgan fingerprint density at radius 2 is 1.61 bits per heavy atom. The van der Waals surface area contributed by atoms with Gasteiger partial charge in [0, 0.05) is 7.11 Å². The van der Waals surface area contributed by atoms with Gasteiger partial charge in [-0.3, -0.25) is 0 Å². The van der Waals surface area contributed by atoms with E-state index in [0.29, 0.717) is 0 Å². The zero-order valence-electron chi connectivity index (χ0n) is 12.0. The van der Waals surface area contributed by atoms with Gasteiger partial charge in [-0.05, 0) is 23.1 Å². The van der Waals surface area contributed by atoms with Crippen molar-refractivity contribution in [2.75, 3.05) is 33.4 Å². The number of nitrogens with two attached hydrogens (primary N) is 1. The van der Waals surface area contributed by atoms with Crippen LogP contribution in [-0.4, -0.2) is 33.4 Å². The van der Waals surface area contributed by atoms with Crippen LogP contribution in [0.2, 0.25) is 0 Å². The molecule has 0 spiro atoms. The van der Waals surface area contributed by atoms with Crippen LogP contribution < -0.4 is 10.1 Å². The molecule has 0 aromatic heterocycles. The second-order valence-electron chi connectivity index (χ2n) is 5.48. The fraction of sp³-hybridized carbons (Fsp3) is 0.600. The third kappa shape index (κ3) is 5.52. The maximum Gasteiger partial charge on any atom is 0.137 e. The fourth-order valence-corrected chi connectivity index (χ4v) is 1.66. The molecule has 0 saturated carbocycles. The molecule has 1 aromatic carbocycles. The molecule has 1 aromatic rings. The minimum absolute atomic E-state index is 0.201. The van der Waals surface area contributed by atoms with Gasteiger partial charge in [0.1, 0.15) is 18.9 Å². The summed E-state index contributed by atoms with van der Waals surface area (Å²) in [5, 5.41) is 2.20. The highest BCUT2D eigenvalue weighted by Gasteiger charge is 2.12. The van der Waals surface area contributed by atoms with E-state index in [9.17, 15) is 0 Å². The molecular weight excluding hydrogens is 226 g/mol. The third-order valence-corrected chi connectivity index (χ3v) is 2.84. The van der Waals surface area contributed by atoms with Crippen molar-refractivity contribution in [1.82, 2.24) is 0 Å². The van der Waals surface area contributed by atoms with E-state index in [1.165, 1.54) is 5.56 Å². The van der Waals surface area contributed by atoms with Gasteiger partial charge in [-0.2, -0.15) is 0 Å². The fourth-order valence-electron chi connectivity index (χ4n) is 1.66. The van der Waals surface area contributed by atoms with Crippen molar-refractivity contribution in [3.05, 3.63) is 29.8 Å². The van der Waals surface area contributed by atoms with Gasteiger partial charge in [0.2, 0.25) is 0 Å². The summed E-state index contributed by atoms with van der Waals surface area (Å²) >= 11 is 0. The van der Waals surface area contributed by atoms with Gasteiger partial charge in [0.25, 0.3) is 0 Å². The smallest absolute Gasteiger partial charge is 0.137 e. The number of methoxy groups -OCH3 is 1. The molecule has 0 atom stereocenters. The summed E-state index contributed by atoms with van der Waals surface area (Å²) in [5.74, 6) is 0.947. The van der Waals surface area contributed by atoms with Crippen molar-refractivity contribution in [1.29, 1.82) is 0 Å². The van der Waals surface area contributed by atoms with E-state index in [4.69, 9.17) is 9.47 Å². The highest BCUT2D eigenvalue weighted by Crippen LogP contribution is 2.24. The molecule has 0 aliphatic rings. The molecule has 3 nitrogen and oxygen atoms in total. The van der Waals surface area contributed by atoms with Gasteiger partial charge in [-0.15, -0.1) is 0 Å². The van der Waals surface area contributed by atoms with Crippen LogP contribution in [0.4, 0.5) is 0 Å². The van der Waals surface area contributed by atoms with Gasteiger partial charge >= 0.3 is 0 Å². The number of benzene rings is 1. The zero-order valence-corrected chi connectivity index (χ0v) is 12.0. The second kappa shape index (κ2) is 7.39. The topological polar surface area (TPSA) is 35.1 Å². The Labute approximate surface area is 110 Å². The molecule has 0 saturated heterocycles. The van der Waals surface area contributed by atoms with Crippen LogP contribution in [0.25, 0.3) is 0 Å². The van der Waals surface area contributed by atoms with Crippen LogP contribution in [0.1, 0.15) is 26.3 Å². The summed E-state index contributed by atoms with van der Waals surface area (Å²) in [6.07, 6.45) is 0. The summed E-state index contributed by atoms with van der Waals surface area (Å²) in [6, 6.07) is 8.39. The molecular formula is C15H26NO2+. The lowest BCUT2D eigenvalue weighted by Crippen LogP contribution is -2.86. The highest BCUT2D eigenvalue weighted by molar-refractivity contribution is 5.30. The van der Waals surface area contributed by atoms with Gasteiger partial charge in [-0.25, -0.2) is 0 Å². The summed E-state index contributed by atoms with van der Waals surface area (Å²) in [4.78, 5) is 0. The summed E-state index contributed by atoms with van der Waals surface area (Å²) < 4.78 is 10.7. The molecule has 0 radical (unpaired) electrons. The molecule has 0 amide bonds. The van der Waals surface area contributed by atoms with Gasteiger partial charge < -0.3 is 14.8 Å². The van der Waals surface area contributed by atoms with Crippen molar-refractivity contribution in [2.24, 2.45) is 0 Å². The largest absolute Gasteiger partial charge is 0.488 e. The van der Waals surface area contributed by atoms with Crippen LogP contribution >= 0.6 is 0 Å². The Hall–Kier alpha value is -1.06. The lowest BCUT2D eigenvalue weighted by atomic mass is 9.87. The van der Waals surface area contributed by atoms with Crippen molar-refractivity contribution < 1.29 is 14.8 Å². The molecule has 102 valence electrons. The second-order valence-corrected chi connectivity index (χ2v) is 5.48. The number of ether oxygens (including phenoxy) is 2. The van der Waals surface area contributed by atoms with E-state index in [2.05, 4.69) is 50.4 Å². The van der Waals surface area contributed by atoms with Crippen LogP contribution in [0.15, 0.2) is 24.3 Å². The lowest BCUT2D eigenvalue weighted by Gasteiger charge is -2.19. The Morgan fingerprint density at radius 1 is 1.00 bits per heavy atom. The normalized spacial score (nSPS) is 11.6. The molecule has 1 rings (SSSR count). The van der Waals surface area contributed by atoms with E-state index >= 15 is 0 Å². The average Bonchev–Trinajstić information content (AvgIpc) is 2.33. The molecule has 0 fully saturated rings. The molecule has 0 unspecified atom stereocenters. The first-order valence-electron chi connectivity index (χ1n) is 6.58. The Morgan fingerprint density at radius 3 is 2.17 bits per heavy atom. The molecule has 0 heterocycles. The minimum Gasteiger partial charge on any atom is -0.488 e. The van der Waals surface area contributed by atoms with Gasteiger partial charge in [0.15, 0.2) is 0 Å². The average molecular weight is 252 g/mol. The number of hydrogen-bond donors (Lipinski definition) is 1. The molecule has 18 heavy (non-hydrogen) atoms. The van der Waals surface area contributed by atoms with Crippen molar-refractivity contribution in [2.45, 2.75) is 26.2 Å². The van der Waals surface area contributed by atoms with Crippen LogP contribution in [0, 0.1) is 0 Å². The molecule has 2 N–H and O–H groups in total. The highest BCUT2D eigenvalue weighted by atomic mass is 16.5. The summed E-state index contributed by atoms with van der Waals surface area (Å²) in [6.45, 7) is 10.1. The predicted octanol–water partition coefficient (Wildman–Crippen LogP) is 1.57. The van der Waals surface area contributed by atoms with Gasteiger partial charge in [-0.1, -0.05) is 32.9 Å². The number of rotatable bonds is 7. The van der Waals surface area contributed by atoms with Crippen LogP contribution in [0.3, 0.4) is 0 Å². The quantitative estimate of drug-likeness (QED) is 0.748. The van der Waals surface area contributed by atoms with E-state index in [0.717, 1.165) is 32.1 Å². The van der Waals surface area contributed by atoms with Crippen LogP contribution in [0.5, 0.6) is 5.75 Å². The lowest BCUT2D eigenvalue weighted by molar-refractivity contribution is -0.656. The van der Waals surface area contributed by atoms with Crippen molar-refractivity contribution >= 4 is 0 Å². The monoisotopic (exact) mass is 252 g/mol. The maximum atomic E-state index is 5.68. The molecule has 3 heteroatoms. The molecule has 0 aliphatic carbocycles. The first-order valence-corrected chi connectivity index (χ1v) is 6.58. The Balaban J connectivity index is 2.27. The first-order chi connectivity index (χ1) is 8.54. The summed E-state index contributed by atoms with van der Waals surface area (Å²) in [7, 11) is 1.72. The molecule has 0 bridgehead atoms. The van der Waals surface area contributed by atoms with E-state index in [1.807, 2.05) is 0 Å². The predicted molar refractivity (Wildman–Crippen MR) is 74.2 cm³/mol. The zero-order chi connectivity index (χ0) is 13.4. The minimum atomic E-state index is 0.201. The standard InChI is InChI=1S/C15H25NO2/c1-15(2,3)13-5-7-14(8-6-13)18-12-10-16-9-11-17-4/h5-8,16H,9-12H2,1-4H3/p+1. The van der Waals surface area contributed by atoms with E-state index < -0.39 is 0 Å². The van der Waals surface area contributed by atoms with E-state index in [-0.39, 0.29) is 5.41 Å².